The Bertz CT molecular complexity index is 760. The van der Waals surface area contributed by atoms with E-state index in [-0.39, 0.29) is 11.4 Å². The summed E-state index contributed by atoms with van der Waals surface area (Å²) >= 11 is 0. The number of rotatable bonds is 6. The van der Waals surface area contributed by atoms with Crippen molar-refractivity contribution < 1.29 is 17.5 Å². The molecule has 0 aliphatic heterocycles. The lowest BCUT2D eigenvalue weighted by Gasteiger charge is -2.09. The average Bonchev–Trinajstić information content (AvgIpc) is 2.49. The predicted molar refractivity (Wildman–Crippen MR) is 82.8 cm³/mol. The predicted octanol–water partition coefficient (Wildman–Crippen LogP) is 3.01. The minimum atomic E-state index is -3.68. The highest BCUT2D eigenvalue weighted by atomic mass is 32.2. The van der Waals surface area contributed by atoms with Gasteiger partial charge < -0.3 is 4.74 Å². The molecule has 0 unspecified atom stereocenters. The van der Waals surface area contributed by atoms with Crippen molar-refractivity contribution in [3.05, 3.63) is 59.4 Å². The molecular weight excluding hydrogens is 305 g/mol. The standard InChI is InChI=1S/C16H18FNO3S/c1-3-21-14-6-4-5-13(10-14)11-18-22(19,20)15-7-8-16(17)12(2)9-15/h4-10,18H,3,11H2,1-2H3. The average molecular weight is 323 g/mol. The zero-order chi connectivity index (χ0) is 16.2. The Balaban J connectivity index is 2.12. The van der Waals surface area contributed by atoms with E-state index in [0.717, 1.165) is 11.6 Å². The second-order valence-electron chi connectivity index (χ2n) is 4.82. The van der Waals surface area contributed by atoms with E-state index in [4.69, 9.17) is 4.74 Å². The van der Waals surface area contributed by atoms with E-state index in [2.05, 4.69) is 4.72 Å². The highest BCUT2D eigenvalue weighted by Gasteiger charge is 2.15. The molecule has 118 valence electrons. The second kappa shape index (κ2) is 6.89. The van der Waals surface area contributed by atoms with Gasteiger partial charge in [0.15, 0.2) is 0 Å². The molecule has 0 saturated heterocycles. The van der Waals surface area contributed by atoms with Gasteiger partial charge in [-0.05, 0) is 55.3 Å². The van der Waals surface area contributed by atoms with Gasteiger partial charge in [0.25, 0.3) is 0 Å². The zero-order valence-corrected chi connectivity index (χ0v) is 13.3. The van der Waals surface area contributed by atoms with Gasteiger partial charge in [-0.2, -0.15) is 0 Å². The van der Waals surface area contributed by atoms with Crippen molar-refractivity contribution in [1.82, 2.24) is 4.72 Å². The van der Waals surface area contributed by atoms with Crippen LogP contribution in [0.2, 0.25) is 0 Å². The van der Waals surface area contributed by atoms with Crippen molar-refractivity contribution in [3.63, 3.8) is 0 Å². The lowest BCUT2D eigenvalue weighted by molar-refractivity contribution is 0.340. The summed E-state index contributed by atoms with van der Waals surface area (Å²) in [7, 11) is -3.68. The summed E-state index contributed by atoms with van der Waals surface area (Å²) in [6, 6.07) is 10.9. The summed E-state index contributed by atoms with van der Waals surface area (Å²) in [4.78, 5) is 0.0485. The van der Waals surface area contributed by atoms with E-state index < -0.39 is 15.8 Å². The molecule has 2 rings (SSSR count). The molecule has 6 heteroatoms. The third-order valence-electron chi connectivity index (χ3n) is 3.12. The fourth-order valence-corrected chi connectivity index (χ4v) is 3.06. The largest absolute Gasteiger partial charge is 0.494 e. The van der Waals surface area contributed by atoms with Gasteiger partial charge in [0, 0.05) is 6.54 Å². The van der Waals surface area contributed by atoms with Crippen LogP contribution in [0.15, 0.2) is 47.4 Å². The summed E-state index contributed by atoms with van der Waals surface area (Å²) in [5, 5.41) is 0. The maximum Gasteiger partial charge on any atom is 0.240 e. The molecular formula is C16H18FNO3S. The van der Waals surface area contributed by atoms with Crippen molar-refractivity contribution in [1.29, 1.82) is 0 Å². The Morgan fingerprint density at radius 1 is 1.18 bits per heavy atom. The molecule has 0 saturated carbocycles. The molecule has 2 aromatic carbocycles. The van der Waals surface area contributed by atoms with Crippen LogP contribution in [-0.2, 0) is 16.6 Å². The van der Waals surface area contributed by atoms with E-state index in [9.17, 15) is 12.8 Å². The van der Waals surface area contributed by atoms with E-state index in [1.807, 2.05) is 13.0 Å². The molecule has 0 bridgehead atoms. The molecule has 0 fully saturated rings. The maximum atomic E-state index is 13.2. The first kappa shape index (κ1) is 16.5. The van der Waals surface area contributed by atoms with Crippen LogP contribution in [0.5, 0.6) is 5.75 Å². The lowest BCUT2D eigenvalue weighted by Crippen LogP contribution is -2.23. The molecule has 0 atom stereocenters. The maximum absolute atomic E-state index is 13.2. The molecule has 0 heterocycles. The number of ether oxygens (including phenoxy) is 1. The van der Waals surface area contributed by atoms with Crippen LogP contribution in [0.25, 0.3) is 0 Å². The van der Waals surface area contributed by atoms with Gasteiger partial charge in [0.1, 0.15) is 11.6 Å². The highest BCUT2D eigenvalue weighted by Crippen LogP contribution is 2.16. The van der Waals surface area contributed by atoms with Crippen molar-refractivity contribution >= 4 is 10.0 Å². The summed E-state index contributed by atoms with van der Waals surface area (Å²) in [6.07, 6.45) is 0. The lowest BCUT2D eigenvalue weighted by atomic mass is 10.2. The number of hydrogen-bond acceptors (Lipinski definition) is 3. The minimum Gasteiger partial charge on any atom is -0.494 e. The van der Waals surface area contributed by atoms with Crippen LogP contribution in [-0.4, -0.2) is 15.0 Å². The van der Waals surface area contributed by atoms with Gasteiger partial charge in [-0.1, -0.05) is 12.1 Å². The number of aryl methyl sites for hydroxylation is 1. The Hall–Kier alpha value is -1.92. The number of benzene rings is 2. The van der Waals surface area contributed by atoms with Crippen molar-refractivity contribution in [2.45, 2.75) is 25.3 Å². The van der Waals surface area contributed by atoms with Crippen molar-refractivity contribution in [2.75, 3.05) is 6.61 Å². The zero-order valence-electron chi connectivity index (χ0n) is 12.5. The third kappa shape index (κ3) is 4.05. The Kier molecular flexibility index (Phi) is 5.15. The molecule has 1 N–H and O–H groups in total. The number of sulfonamides is 1. The summed E-state index contributed by atoms with van der Waals surface area (Å²) in [5.41, 5.74) is 1.08. The van der Waals surface area contributed by atoms with Crippen LogP contribution in [0.3, 0.4) is 0 Å². The number of hydrogen-bond donors (Lipinski definition) is 1. The SMILES string of the molecule is CCOc1cccc(CNS(=O)(=O)c2ccc(F)c(C)c2)c1. The van der Waals surface area contributed by atoms with Crippen molar-refractivity contribution in [2.24, 2.45) is 0 Å². The highest BCUT2D eigenvalue weighted by molar-refractivity contribution is 7.89. The first-order chi connectivity index (χ1) is 10.4. The Labute approximate surface area is 130 Å². The molecule has 0 amide bonds. The quantitative estimate of drug-likeness (QED) is 0.889. The fraction of sp³-hybridized carbons (Fsp3) is 0.250. The number of halogens is 1. The van der Waals surface area contributed by atoms with E-state index in [0.29, 0.717) is 17.9 Å². The molecule has 0 spiro atoms. The molecule has 4 nitrogen and oxygen atoms in total. The normalized spacial score (nSPS) is 11.4. The van der Waals surface area contributed by atoms with Crippen LogP contribution < -0.4 is 9.46 Å². The smallest absolute Gasteiger partial charge is 0.240 e. The van der Waals surface area contributed by atoms with Crippen molar-refractivity contribution in [3.8, 4) is 5.75 Å². The molecule has 0 radical (unpaired) electrons. The van der Waals surface area contributed by atoms with Gasteiger partial charge in [-0.25, -0.2) is 17.5 Å². The summed E-state index contributed by atoms with van der Waals surface area (Å²) in [5.74, 6) is 0.264. The minimum absolute atomic E-state index is 0.0485. The van der Waals surface area contributed by atoms with Crippen LogP contribution in [0, 0.1) is 12.7 Å². The van der Waals surface area contributed by atoms with Gasteiger partial charge >= 0.3 is 0 Å². The Morgan fingerprint density at radius 2 is 1.95 bits per heavy atom. The van der Waals surface area contributed by atoms with E-state index in [1.165, 1.54) is 19.1 Å². The van der Waals surface area contributed by atoms with E-state index >= 15 is 0 Å². The molecule has 0 aromatic heterocycles. The second-order valence-corrected chi connectivity index (χ2v) is 6.58. The molecule has 0 aliphatic carbocycles. The fourth-order valence-electron chi connectivity index (χ4n) is 1.96. The molecule has 0 aliphatic rings. The summed E-state index contributed by atoms with van der Waals surface area (Å²) in [6.45, 7) is 4.09. The molecule has 2 aromatic rings. The third-order valence-corrected chi connectivity index (χ3v) is 4.51. The monoisotopic (exact) mass is 323 g/mol. The topological polar surface area (TPSA) is 55.4 Å². The van der Waals surface area contributed by atoms with Gasteiger partial charge in [-0.3, -0.25) is 0 Å². The van der Waals surface area contributed by atoms with Gasteiger partial charge in [0.05, 0.1) is 11.5 Å². The first-order valence-electron chi connectivity index (χ1n) is 6.90. The van der Waals surface area contributed by atoms with Gasteiger partial charge in [0.2, 0.25) is 10.0 Å². The Morgan fingerprint density at radius 3 is 2.64 bits per heavy atom. The van der Waals surface area contributed by atoms with Crippen LogP contribution in [0.1, 0.15) is 18.1 Å². The molecule has 22 heavy (non-hydrogen) atoms. The number of nitrogens with one attached hydrogen (secondary N) is 1. The van der Waals surface area contributed by atoms with Crippen LogP contribution >= 0.6 is 0 Å². The first-order valence-corrected chi connectivity index (χ1v) is 8.38. The van der Waals surface area contributed by atoms with E-state index in [1.54, 1.807) is 18.2 Å². The van der Waals surface area contributed by atoms with Gasteiger partial charge in [-0.15, -0.1) is 0 Å². The van der Waals surface area contributed by atoms with Crippen LogP contribution in [0.4, 0.5) is 4.39 Å². The summed E-state index contributed by atoms with van der Waals surface area (Å²) < 4.78 is 45.5.